The van der Waals surface area contributed by atoms with Crippen molar-refractivity contribution in [2.75, 3.05) is 5.32 Å². The minimum Gasteiger partial charge on any atom is -0.464 e. The molecule has 0 bridgehead atoms. The third-order valence-corrected chi connectivity index (χ3v) is 4.29. The quantitative estimate of drug-likeness (QED) is 0.522. The summed E-state index contributed by atoms with van der Waals surface area (Å²) in [6.07, 6.45) is 1.68. The number of carbonyl (C=O) groups is 1. The van der Waals surface area contributed by atoms with Crippen molar-refractivity contribution < 1.29 is 14.1 Å². The van der Waals surface area contributed by atoms with Crippen LogP contribution in [0.3, 0.4) is 0 Å². The fourth-order valence-electron chi connectivity index (χ4n) is 2.42. The number of nitro groups is 1. The Hall–Kier alpha value is -2.67. The van der Waals surface area contributed by atoms with Crippen molar-refractivity contribution >= 4 is 44.2 Å². The molecular weight excluding hydrogens is 376 g/mol. The summed E-state index contributed by atoms with van der Waals surface area (Å²) < 4.78 is 6.05. The maximum absolute atomic E-state index is 12.3. The minimum absolute atomic E-state index is 0.0854. The van der Waals surface area contributed by atoms with Crippen LogP contribution in [0.1, 0.15) is 11.1 Å². The molecule has 1 amide bonds. The van der Waals surface area contributed by atoms with E-state index in [9.17, 15) is 14.9 Å². The molecule has 2 aromatic carbocycles. The van der Waals surface area contributed by atoms with E-state index in [0.29, 0.717) is 10.2 Å². The van der Waals surface area contributed by atoms with Gasteiger partial charge in [0.2, 0.25) is 5.91 Å². The molecule has 3 aromatic rings. The Morgan fingerprint density at radius 2 is 2.08 bits per heavy atom. The molecule has 0 atom stereocenters. The number of furan rings is 1. The summed E-state index contributed by atoms with van der Waals surface area (Å²) in [6.45, 7) is 1.97. The number of nitrogens with one attached hydrogen (secondary N) is 1. The van der Waals surface area contributed by atoms with E-state index in [-0.39, 0.29) is 18.0 Å². The molecule has 122 valence electrons. The lowest BCUT2D eigenvalue weighted by atomic mass is 10.1. The first kappa shape index (κ1) is 16.2. The molecule has 1 heterocycles. The summed E-state index contributed by atoms with van der Waals surface area (Å²) in [7, 11) is 0. The Morgan fingerprint density at radius 1 is 1.29 bits per heavy atom. The summed E-state index contributed by atoms with van der Waals surface area (Å²) in [5.74, 6) is -0.278. The first-order valence-electron chi connectivity index (χ1n) is 7.14. The topological polar surface area (TPSA) is 85.4 Å². The summed E-state index contributed by atoms with van der Waals surface area (Å²) in [6, 6.07) is 10.00. The molecule has 7 heteroatoms. The number of benzene rings is 2. The lowest BCUT2D eigenvalue weighted by molar-refractivity contribution is -0.384. The number of carbonyl (C=O) groups excluding carboxylic acids is 1. The van der Waals surface area contributed by atoms with Crippen LogP contribution < -0.4 is 5.32 Å². The Morgan fingerprint density at radius 3 is 2.83 bits per heavy atom. The number of fused-ring (bicyclic) bond motifs is 1. The van der Waals surface area contributed by atoms with Gasteiger partial charge in [0.15, 0.2) is 0 Å². The van der Waals surface area contributed by atoms with Gasteiger partial charge in [-0.15, -0.1) is 0 Å². The number of aryl methyl sites for hydroxylation is 1. The predicted octanol–water partition coefficient (Wildman–Crippen LogP) is 4.59. The summed E-state index contributed by atoms with van der Waals surface area (Å²) in [5, 5.41) is 14.4. The monoisotopic (exact) mass is 388 g/mol. The second-order valence-corrected chi connectivity index (χ2v) is 6.26. The van der Waals surface area contributed by atoms with E-state index in [1.165, 1.54) is 18.2 Å². The van der Waals surface area contributed by atoms with Gasteiger partial charge < -0.3 is 9.73 Å². The molecule has 6 nitrogen and oxygen atoms in total. The van der Waals surface area contributed by atoms with Gasteiger partial charge in [-0.1, -0.05) is 12.1 Å². The highest BCUT2D eigenvalue weighted by molar-refractivity contribution is 9.10. The number of anilines is 1. The van der Waals surface area contributed by atoms with Gasteiger partial charge in [-0.25, -0.2) is 0 Å². The van der Waals surface area contributed by atoms with Gasteiger partial charge in [0.25, 0.3) is 5.69 Å². The zero-order valence-electron chi connectivity index (χ0n) is 12.7. The molecule has 0 unspecified atom stereocenters. The van der Waals surface area contributed by atoms with Crippen LogP contribution >= 0.6 is 15.9 Å². The molecule has 0 saturated carbocycles. The summed E-state index contributed by atoms with van der Waals surface area (Å²) >= 11 is 3.28. The van der Waals surface area contributed by atoms with Gasteiger partial charge >= 0.3 is 0 Å². The fourth-order valence-corrected chi connectivity index (χ4v) is 2.76. The number of halogens is 1. The highest BCUT2D eigenvalue weighted by Gasteiger charge is 2.14. The molecule has 0 fully saturated rings. The van der Waals surface area contributed by atoms with Crippen molar-refractivity contribution in [1.29, 1.82) is 0 Å². The Labute approximate surface area is 145 Å². The maximum atomic E-state index is 12.3. The molecule has 1 aromatic heterocycles. The van der Waals surface area contributed by atoms with Crippen molar-refractivity contribution in [1.82, 2.24) is 0 Å². The summed E-state index contributed by atoms with van der Waals surface area (Å²) in [5.41, 5.74) is 2.85. The smallest absolute Gasteiger partial charge is 0.271 e. The normalized spacial score (nSPS) is 10.8. The van der Waals surface area contributed by atoms with E-state index in [2.05, 4.69) is 21.2 Å². The van der Waals surface area contributed by atoms with E-state index in [1.807, 2.05) is 25.1 Å². The van der Waals surface area contributed by atoms with Crippen LogP contribution in [-0.4, -0.2) is 10.8 Å². The molecule has 24 heavy (non-hydrogen) atoms. The van der Waals surface area contributed by atoms with Gasteiger partial charge in [0, 0.05) is 27.6 Å². The van der Waals surface area contributed by atoms with E-state index in [0.717, 1.165) is 22.1 Å². The van der Waals surface area contributed by atoms with Gasteiger partial charge in [-0.3, -0.25) is 14.9 Å². The molecule has 3 rings (SSSR count). The highest BCUT2D eigenvalue weighted by atomic mass is 79.9. The summed E-state index contributed by atoms with van der Waals surface area (Å²) in [4.78, 5) is 22.6. The number of hydrogen-bond donors (Lipinski definition) is 1. The van der Waals surface area contributed by atoms with Crippen LogP contribution in [0.4, 0.5) is 11.4 Å². The zero-order valence-corrected chi connectivity index (χ0v) is 14.3. The van der Waals surface area contributed by atoms with Gasteiger partial charge in [-0.2, -0.15) is 0 Å². The van der Waals surface area contributed by atoms with Crippen LogP contribution in [0.25, 0.3) is 11.0 Å². The van der Waals surface area contributed by atoms with Crippen molar-refractivity contribution in [2.24, 2.45) is 0 Å². The number of amides is 1. The molecule has 0 spiro atoms. The van der Waals surface area contributed by atoms with E-state index < -0.39 is 4.92 Å². The molecule has 0 saturated heterocycles. The lowest BCUT2D eigenvalue weighted by Crippen LogP contribution is -2.14. The molecule has 0 aliphatic heterocycles. The van der Waals surface area contributed by atoms with Crippen LogP contribution in [-0.2, 0) is 11.2 Å². The van der Waals surface area contributed by atoms with Gasteiger partial charge in [-0.05, 0) is 40.5 Å². The van der Waals surface area contributed by atoms with Crippen LogP contribution in [0.5, 0.6) is 0 Å². The standard InChI is InChI=1S/C17H13BrN2O4/c1-10-2-4-13-11(9-24-16(13)6-10)7-17(21)19-15-8-12(20(22)23)3-5-14(15)18/h2-6,8-9H,7H2,1H3,(H,19,21). The highest BCUT2D eigenvalue weighted by Crippen LogP contribution is 2.28. The zero-order chi connectivity index (χ0) is 17.3. The van der Waals surface area contributed by atoms with Crippen molar-refractivity contribution in [2.45, 2.75) is 13.3 Å². The predicted molar refractivity (Wildman–Crippen MR) is 94.1 cm³/mol. The third kappa shape index (κ3) is 3.30. The van der Waals surface area contributed by atoms with Gasteiger partial charge in [0.05, 0.1) is 23.3 Å². The largest absolute Gasteiger partial charge is 0.464 e. The lowest BCUT2D eigenvalue weighted by Gasteiger charge is -2.07. The number of non-ortho nitro benzene ring substituents is 1. The Balaban J connectivity index is 1.80. The van der Waals surface area contributed by atoms with Crippen molar-refractivity contribution in [3.05, 3.63) is 68.4 Å². The van der Waals surface area contributed by atoms with Gasteiger partial charge in [0.1, 0.15) is 5.58 Å². The number of nitro benzene ring substituents is 1. The van der Waals surface area contributed by atoms with Crippen molar-refractivity contribution in [3.8, 4) is 0 Å². The molecular formula is C17H13BrN2O4. The van der Waals surface area contributed by atoms with Crippen molar-refractivity contribution in [3.63, 3.8) is 0 Å². The van der Waals surface area contributed by atoms with Crippen LogP contribution in [0.15, 0.2) is 51.6 Å². The fraction of sp³-hybridized carbons (Fsp3) is 0.118. The first-order valence-corrected chi connectivity index (χ1v) is 7.94. The number of nitrogens with zero attached hydrogens (tertiary/aromatic N) is 1. The number of hydrogen-bond acceptors (Lipinski definition) is 4. The minimum atomic E-state index is -0.506. The number of rotatable bonds is 4. The van der Waals surface area contributed by atoms with Crippen LogP contribution in [0, 0.1) is 17.0 Å². The van der Waals surface area contributed by atoms with Crippen LogP contribution in [0.2, 0.25) is 0 Å². The SMILES string of the molecule is Cc1ccc2c(CC(=O)Nc3cc([N+](=O)[O-])ccc3Br)coc2c1. The second kappa shape index (κ2) is 6.45. The van der Waals surface area contributed by atoms with E-state index in [4.69, 9.17) is 4.42 Å². The third-order valence-electron chi connectivity index (χ3n) is 3.60. The average Bonchev–Trinajstić information content (AvgIpc) is 2.91. The van der Waals surface area contributed by atoms with E-state index in [1.54, 1.807) is 6.26 Å². The molecule has 1 N–H and O–H groups in total. The maximum Gasteiger partial charge on any atom is 0.271 e. The Kier molecular flexibility index (Phi) is 4.35. The molecule has 0 radical (unpaired) electrons. The first-order chi connectivity index (χ1) is 11.4. The van der Waals surface area contributed by atoms with E-state index >= 15 is 0 Å². The Bertz CT molecular complexity index is 949. The second-order valence-electron chi connectivity index (χ2n) is 5.41. The average molecular weight is 389 g/mol. The molecule has 0 aliphatic carbocycles. The molecule has 0 aliphatic rings.